The standard InChI is InChI=1S/C10H16BrN3O/c1-7(6-15-2)4-13-10-9(12)3-8(11)5-14-10/h3,5,7H,4,6,12H2,1-2H3,(H,13,14). The van der Waals surface area contributed by atoms with E-state index in [1.165, 1.54) is 0 Å². The molecule has 1 aromatic rings. The van der Waals surface area contributed by atoms with Gasteiger partial charge in [0.15, 0.2) is 0 Å². The monoisotopic (exact) mass is 273 g/mol. The lowest BCUT2D eigenvalue weighted by atomic mass is 10.2. The van der Waals surface area contributed by atoms with Crippen molar-refractivity contribution in [3.05, 3.63) is 16.7 Å². The molecular weight excluding hydrogens is 258 g/mol. The lowest BCUT2D eigenvalue weighted by Crippen LogP contribution is -2.17. The molecule has 0 spiro atoms. The highest BCUT2D eigenvalue weighted by Crippen LogP contribution is 2.19. The molecule has 0 amide bonds. The molecule has 1 unspecified atom stereocenters. The molecule has 0 aliphatic rings. The molecule has 0 aliphatic heterocycles. The molecular formula is C10H16BrN3O. The average Bonchev–Trinajstić information content (AvgIpc) is 2.17. The summed E-state index contributed by atoms with van der Waals surface area (Å²) in [6, 6.07) is 1.83. The van der Waals surface area contributed by atoms with Crippen LogP contribution in [0.5, 0.6) is 0 Å². The van der Waals surface area contributed by atoms with Gasteiger partial charge in [0.05, 0.1) is 12.3 Å². The number of nitrogens with two attached hydrogens (primary N) is 1. The smallest absolute Gasteiger partial charge is 0.149 e. The number of methoxy groups -OCH3 is 1. The van der Waals surface area contributed by atoms with Crippen LogP contribution in [-0.2, 0) is 4.74 Å². The molecule has 0 aliphatic carbocycles. The van der Waals surface area contributed by atoms with Crippen molar-refractivity contribution in [3.63, 3.8) is 0 Å². The van der Waals surface area contributed by atoms with Gasteiger partial charge >= 0.3 is 0 Å². The molecule has 5 heteroatoms. The molecule has 3 N–H and O–H groups in total. The maximum atomic E-state index is 5.80. The molecule has 0 saturated carbocycles. The number of halogens is 1. The number of aromatic nitrogens is 1. The Morgan fingerprint density at radius 1 is 1.67 bits per heavy atom. The molecule has 84 valence electrons. The SMILES string of the molecule is COCC(C)CNc1ncc(Br)cc1N. The fourth-order valence-corrected chi connectivity index (χ4v) is 1.57. The van der Waals surface area contributed by atoms with E-state index in [1.807, 2.05) is 6.07 Å². The number of pyridine rings is 1. The van der Waals surface area contributed by atoms with E-state index in [-0.39, 0.29) is 0 Å². The number of hydrogen-bond donors (Lipinski definition) is 2. The maximum absolute atomic E-state index is 5.80. The Morgan fingerprint density at radius 2 is 2.40 bits per heavy atom. The zero-order chi connectivity index (χ0) is 11.3. The van der Waals surface area contributed by atoms with Gasteiger partial charge in [-0.15, -0.1) is 0 Å². The minimum atomic E-state index is 0.430. The molecule has 1 rings (SSSR count). The van der Waals surface area contributed by atoms with E-state index in [9.17, 15) is 0 Å². The fourth-order valence-electron chi connectivity index (χ4n) is 1.22. The molecule has 0 bridgehead atoms. The Labute approximate surface area is 98.3 Å². The summed E-state index contributed by atoms with van der Waals surface area (Å²) in [5.41, 5.74) is 6.44. The van der Waals surface area contributed by atoms with Crippen molar-refractivity contribution >= 4 is 27.4 Å². The van der Waals surface area contributed by atoms with Crippen LogP contribution >= 0.6 is 15.9 Å². The largest absolute Gasteiger partial charge is 0.396 e. The van der Waals surface area contributed by atoms with Gasteiger partial charge in [0.2, 0.25) is 0 Å². The van der Waals surface area contributed by atoms with Crippen LogP contribution in [0.2, 0.25) is 0 Å². The zero-order valence-corrected chi connectivity index (χ0v) is 10.5. The second-order valence-corrected chi connectivity index (χ2v) is 4.45. The highest BCUT2D eigenvalue weighted by atomic mass is 79.9. The Morgan fingerprint density at radius 3 is 3.00 bits per heavy atom. The first-order valence-corrected chi connectivity index (χ1v) is 5.56. The van der Waals surface area contributed by atoms with Gasteiger partial charge in [-0.3, -0.25) is 0 Å². The highest BCUT2D eigenvalue weighted by Gasteiger charge is 2.04. The predicted molar refractivity (Wildman–Crippen MR) is 65.9 cm³/mol. The number of rotatable bonds is 5. The van der Waals surface area contributed by atoms with E-state index in [2.05, 4.69) is 33.2 Å². The number of nitrogens with zero attached hydrogens (tertiary/aromatic N) is 1. The number of anilines is 2. The van der Waals surface area contributed by atoms with Gasteiger partial charge in [0.25, 0.3) is 0 Å². The van der Waals surface area contributed by atoms with Crippen LogP contribution in [0.15, 0.2) is 16.7 Å². The van der Waals surface area contributed by atoms with E-state index < -0.39 is 0 Å². The second kappa shape index (κ2) is 5.92. The van der Waals surface area contributed by atoms with Gasteiger partial charge in [-0.05, 0) is 27.9 Å². The number of nitrogen functional groups attached to an aromatic ring is 1. The molecule has 0 saturated heterocycles. The molecule has 4 nitrogen and oxygen atoms in total. The number of ether oxygens (including phenoxy) is 1. The van der Waals surface area contributed by atoms with E-state index in [0.717, 1.165) is 23.4 Å². The highest BCUT2D eigenvalue weighted by molar-refractivity contribution is 9.10. The zero-order valence-electron chi connectivity index (χ0n) is 8.96. The van der Waals surface area contributed by atoms with E-state index in [4.69, 9.17) is 10.5 Å². The van der Waals surface area contributed by atoms with E-state index in [0.29, 0.717) is 11.6 Å². The van der Waals surface area contributed by atoms with Crippen molar-refractivity contribution in [2.45, 2.75) is 6.92 Å². The summed E-state index contributed by atoms with van der Waals surface area (Å²) >= 11 is 3.31. The first-order valence-electron chi connectivity index (χ1n) is 4.77. The van der Waals surface area contributed by atoms with Gasteiger partial charge in [-0.1, -0.05) is 6.92 Å². The quantitative estimate of drug-likeness (QED) is 0.863. The first kappa shape index (κ1) is 12.3. The van der Waals surface area contributed by atoms with Crippen molar-refractivity contribution in [3.8, 4) is 0 Å². The summed E-state index contributed by atoms with van der Waals surface area (Å²) in [6.45, 7) is 3.63. The molecule has 1 heterocycles. The molecule has 0 fully saturated rings. The van der Waals surface area contributed by atoms with Crippen LogP contribution in [0.4, 0.5) is 11.5 Å². The van der Waals surface area contributed by atoms with Crippen LogP contribution in [0, 0.1) is 5.92 Å². The minimum Gasteiger partial charge on any atom is -0.396 e. The van der Waals surface area contributed by atoms with Crippen molar-refractivity contribution < 1.29 is 4.74 Å². The van der Waals surface area contributed by atoms with Gasteiger partial charge in [0.1, 0.15) is 5.82 Å². The van der Waals surface area contributed by atoms with Gasteiger partial charge in [-0.2, -0.15) is 0 Å². The van der Waals surface area contributed by atoms with Crippen molar-refractivity contribution in [1.29, 1.82) is 0 Å². The van der Waals surface area contributed by atoms with Gasteiger partial charge in [-0.25, -0.2) is 4.98 Å². The minimum absolute atomic E-state index is 0.430. The third-order valence-electron chi connectivity index (χ3n) is 1.95. The summed E-state index contributed by atoms with van der Waals surface area (Å²) < 4.78 is 5.93. The maximum Gasteiger partial charge on any atom is 0.149 e. The van der Waals surface area contributed by atoms with Crippen LogP contribution in [0.1, 0.15) is 6.92 Å². The van der Waals surface area contributed by atoms with Crippen molar-refractivity contribution in [2.24, 2.45) is 5.92 Å². The third kappa shape index (κ3) is 4.05. The van der Waals surface area contributed by atoms with Gasteiger partial charge in [0, 0.05) is 24.3 Å². The lowest BCUT2D eigenvalue weighted by molar-refractivity contribution is 0.164. The van der Waals surface area contributed by atoms with Crippen molar-refractivity contribution in [2.75, 3.05) is 31.3 Å². The summed E-state index contributed by atoms with van der Waals surface area (Å²) in [7, 11) is 1.70. The summed E-state index contributed by atoms with van der Waals surface area (Å²) in [5.74, 6) is 1.15. The molecule has 15 heavy (non-hydrogen) atoms. The van der Waals surface area contributed by atoms with E-state index >= 15 is 0 Å². The number of nitrogens with one attached hydrogen (secondary N) is 1. The van der Waals surface area contributed by atoms with Gasteiger partial charge < -0.3 is 15.8 Å². The summed E-state index contributed by atoms with van der Waals surface area (Å²) in [5, 5.41) is 3.19. The third-order valence-corrected chi connectivity index (χ3v) is 2.39. The number of hydrogen-bond acceptors (Lipinski definition) is 4. The average molecular weight is 274 g/mol. The molecule has 0 aromatic carbocycles. The Bertz CT molecular complexity index is 320. The Kier molecular flexibility index (Phi) is 4.84. The first-order chi connectivity index (χ1) is 7.13. The van der Waals surface area contributed by atoms with Crippen LogP contribution in [0.25, 0.3) is 0 Å². The van der Waals surface area contributed by atoms with Crippen LogP contribution in [-0.4, -0.2) is 25.2 Å². The van der Waals surface area contributed by atoms with Crippen LogP contribution in [0.3, 0.4) is 0 Å². The summed E-state index contributed by atoms with van der Waals surface area (Å²) in [6.07, 6.45) is 1.72. The second-order valence-electron chi connectivity index (χ2n) is 3.53. The predicted octanol–water partition coefficient (Wildman–Crippen LogP) is 2.12. The topological polar surface area (TPSA) is 60.2 Å². The van der Waals surface area contributed by atoms with E-state index in [1.54, 1.807) is 13.3 Å². The molecule has 1 atom stereocenters. The van der Waals surface area contributed by atoms with Crippen LogP contribution < -0.4 is 11.1 Å². The summed E-state index contributed by atoms with van der Waals surface area (Å²) in [4.78, 5) is 4.19. The fraction of sp³-hybridized carbons (Fsp3) is 0.500. The molecule has 0 radical (unpaired) electrons. The van der Waals surface area contributed by atoms with Crippen molar-refractivity contribution in [1.82, 2.24) is 4.98 Å². The lowest BCUT2D eigenvalue weighted by Gasteiger charge is -2.13. The Hall–Kier alpha value is -0.810. The normalized spacial score (nSPS) is 12.5. The molecule has 1 aromatic heterocycles. The Balaban J connectivity index is 2.50.